The van der Waals surface area contributed by atoms with Crippen molar-refractivity contribution in [2.75, 3.05) is 44.8 Å². The molecule has 5 rings (SSSR count). The monoisotopic (exact) mass is 512 g/mol. The molecule has 2 aliphatic rings. The Morgan fingerprint density at radius 3 is 2.47 bits per heavy atom. The third kappa shape index (κ3) is 6.91. The van der Waals surface area contributed by atoms with Crippen LogP contribution < -0.4 is 14.4 Å². The van der Waals surface area contributed by atoms with E-state index in [1.54, 1.807) is 7.11 Å². The molecule has 202 valence electrons. The van der Waals surface area contributed by atoms with E-state index in [1.165, 1.54) is 66.7 Å². The van der Waals surface area contributed by atoms with Gasteiger partial charge < -0.3 is 14.4 Å². The minimum absolute atomic E-state index is 0.678. The number of hydrogen-bond acceptors (Lipinski definition) is 4. The first-order chi connectivity index (χ1) is 18.7. The van der Waals surface area contributed by atoms with Gasteiger partial charge in [-0.3, -0.25) is 4.90 Å². The summed E-state index contributed by atoms with van der Waals surface area (Å²) < 4.78 is 11.5. The number of hydrogen-bond donors (Lipinski definition) is 0. The van der Waals surface area contributed by atoms with Crippen molar-refractivity contribution in [1.82, 2.24) is 4.90 Å². The van der Waals surface area contributed by atoms with E-state index in [4.69, 9.17) is 9.47 Å². The number of ether oxygens (including phenoxy) is 2. The van der Waals surface area contributed by atoms with E-state index in [1.807, 2.05) is 0 Å². The number of benzene rings is 3. The molecule has 1 heterocycles. The fourth-order valence-corrected chi connectivity index (χ4v) is 6.17. The van der Waals surface area contributed by atoms with Crippen LogP contribution in [-0.4, -0.2) is 44.8 Å². The smallest absolute Gasteiger partial charge is 0.119 e. The van der Waals surface area contributed by atoms with Crippen LogP contribution in [0, 0.1) is 5.92 Å². The number of piperidine rings is 1. The largest absolute Gasteiger partial charge is 0.497 e. The molecule has 1 saturated heterocycles. The van der Waals surface area contributed by atoms with Crippen LogP contribution in [0.25, 0.3) is 0 Å². The van der Waals surface area contributed by atoms with Crippen molar-refractivity contribution in [2.24, 2.45) is 5.92 Å². The van der Waals surface area contributed by atoms with Crippen molar-refractivity contribution in [3.63, 3.8) is 0 Å². The van der Waals surface area contributed by atoms with E-state index < -0.39 is 0 Å². The van der Waals surface area contributed by atoms with Gasteiger partial charge in [0.1, 0.15) is 18.1 Å². The molecule has 4 heteroatoms. The van der Waals surface area contributed by atoms with Gasteiger partial charge in [-0.25, -0.2) is 0 Å². The van der Waals surface area contributed by atoms with Crippen molar-refractivity contribution >= 4 is 5.69 Å². The van der Waals surface area contributed by atoms with Crippen LogP contribution in [0.3, 0.4) is 0 Å². The summed E-state index contributed by atoms with van der Waals surface area (Å²) >= 11 is 0. The highest BCUT2D eigenvalue weighted by Gasteiger charge is 2.21. The molecule has 1 fully saturated rings. The normalized spacial score (nSPS) is 17.6. The molecular formula is C34H44N2O2. The standard InChI is InChI=1S/C34H44N2O2/c1-3-36(26-27-12-16-32(17-13-27)38-22-21-35-19-7-4-8-20-35)34-10-6-5-9-31(34)24-28-11-14-30-25-33(37-2)18-15-29(30)23-28/h5-6,9-10,12-13,15-18,25,28H,3-4,7-8,11,14,19-24,26H2,1-2H3. The summed E-state index contributed by atoms with van der Waals surface area (Å²) in [7, 11) is 1.75. The van der Waals surface area contributed by atoms with Crippen LogP contribution in [0.2, 0.25) is 0 Å². The Morgan fingerprint density at radius 2 is 1.68 bits per heavy atom. The number of anilines is 1. The van der Waals surface area contributed by atoms with Gasteiger partial charge in [-0.05, 0) is 117 Å². The summed E-state index contributed by atoms with van der Waals surface area (Å²) in [5.41, 5.74) is 7.12. The molecular weight excluding hydrogens is 468 g/mol. The molecule has 0 N–H and O–H groups in total. The maximum atomic E-state index is 6.06. The summed E-state index contributed by atoms with van der Waals surface area (Å²) in [5, 5.41) is 0. The number of para-hydroxylation sites is 1. The topological polar surface area (TPSA) is 24.9 Å². The molecule has 0 radical (unpaired) electrons. The van der Waals surface area contributed by atoms with Gasteiger partial charge in [0.2, 0.25) is 0 Å². The van der Waals surface area contributed by atoms with Crippen molar-refractivity contribution in [3.8, 4) is 11.5 Å². The first-order valence-corrected chi connectivity index (χ1v) is 14.6. The molecule has 38 heavy (non-hydrogen) atoms. The number of aryl methyl sites for hydroxylation is 1. The number of likely N-dealkylation sites (tertiary alicyclic amines) is 1. The molecule has 0 bridgehead atoms. The van der Waals surface area contributed by atoms with Crippen LogP contribution in [0.1, 0.15) is 54.9 Å². The second kappa shape index (κ2) is 13.2. The zero-order valence-electron chi connectivity index (χ0n) is 23.3. The van der Waals surface area contributed by atoms with Gasteiger partial charge in [0.15, 0.2) is 0 Å². The zero-order chi connectivity index (χ0) is 26.2. The van der Waals surface area contributed by atoms with E-state index in [0.717, 1.165) is 57.0 Å². The molecule has 1 unspecified atom stereocenters. The van der Waals surface area contributed by atoms with E-state index in [9.17, 15) is 0 Å². The Balaban J connectivity index is 1.18. The maximum Gasteiger partial charge on any atom is 0.119 e. The lowest BCUT2D eigenvalue weighted by Gasteiger charge is -2.29. The highest BCUT2D eigenvalue weighted by atomic mass is 16.5. The van der Waals surface area contributed by atoms with Gasteiger partial charge in [0, 0.05) is 25.3 Å². The van der Waals surface area contributed by atoms with E-state index in [-0.39, 0.29) is 0 Å². The molecule has 3 aromatic rings. The zero-order valence-corrected chi connectivity index (χ0v) is 23.3. The number of methoxy groups -OCH3 is 1. The summed E-state index contributed by atoms with van der Waals surface area (Å²) in [6, 6.07) is 24.4. The SMILES string of the molecule is CCN(Cc1ccc(OCCN2CCCCC2)cc1)c1ccccc1CC1CCc2cc(OC)ccc2C1. The van der Waals surface area contributed by atoms with Gasteiger partial charge in [-0.2, -0.15) is 0 Å². The average Bonchev–Trinajstić information content (AvgIpc) is 2.97. The molecule has 1 aliphatic carbocycles. The number of fused-ring (bicyclic) bond motifs is 1. The molecule has 0 spiro atoms. The van der Waals surface area contributed by atoms with Gasteiger partial charge in [-0.1, -0.05) is 42.8 Å². The Bertz CT molecular complexity index is 1150. The quantitative estimate of drug-likeness (QED) is 0.278. The molecule has 1 aliphatic heterocycles. The molecule has 0 amide bonds. The minimum Gasteiger partial charge on any atom is -0.497 e. The van der Waals surface area contributed by atoms with Crippen molar-refractivity contribution < 1.29 is 9.47 Å². The van der Waals surface area contributed by atoms with Gasteiger partial charge in [-0.15, -0.1) is 0 Å². The van der Waals surface area contributed by atoms with E-state index >= 15 is 0 Å². The van der Waals surface area contributed by atoms with Gasteiger partial charge in [0.05, 0.1) is 7.11 Å². The summed E-state index contributed by atoms with van der Waals surface area (Å²) in [5.74, 6) is 2.63. The Labute approximate surface area is 229 Å². The fourth-order valence-electron chi connectivity index (χ4n) is 6.17. The lowest BCUT2D eigenvalue weighted by atomic mass is 9.80. The lowest BCUT2D eigenvalue weighted by Crippen LogP contribution is -2.33. The Kier molecular flexibility index (Phi) is 9.24. The summed E-state index contributed by atoms with van der Waals surface area (Å²) in [4.78, 5) is 5.04. The Hall–Kier alpha value is -2.98. The van der Waals surface area contributed by atoms with Crippen LogP contribution in [0.15, 0.2) is 66.7 Å². The van der Waals surface area contributed by atoms with Gasteiger partial charge in [0.25, 0.3) is 0 Å². The highest BCUT2D eigenvalue weighted by molar-refractivity contribution is 5.54. The first kappa shape index (κ1) is 26.6. The molecule has 1 atom stereocenters. The number of rotatable bonds is 11. The molecule has 0 aromatic heterocycles. The lowest BCUT2D eigenvalue weighted by molar-refractivity contribution is 0.183. The van der Waals surface area contributed by atoms with Crippen LogP contribution in [0.5, 0.6) is 11.5 Å². The third-order valence-electron chi connectivity index (χ3n) is 8.39. The highest BCUT2D eigenvalue weighted by Crippen LogP contribution is 2.33. The van der Waals surface area contributed by atoms with E-state index in [0.29, 0.717) is 5.92 Å². The predicted molar refractivity (Wildman–Crippen MR) is 158 cm³/mol. The van der Waals surface area contributed by atoms with Crippen LogP contribution in [-0.2, 0) is 25.8 Å². The fraction of sp³-hybridized carbons (Fsp3) is 0.471. The van der Waals surface area contributed by atoms with Crippen LogP contribution in [0.4, 0.5) is 5.69 Å². The van der Waals surface area contributed by atoms with Crippen molar-refractivity contribution in [3.05, 3.63) is 89.0 Å². The average molecular weight is 513 g/mol. The molecule has 3 aromatic carbocycles. The molecule has 4 nitrogen and oxygen atoms in total. The summed E-state index contributed by atoms with van der Waals surface area (Å²) in [6.07, 6.45) is 8.69. The second-order valence-corrected chi connectivity index (χ2v) is 11.0. The second-order valence-electron chi connectivity index (χ2n) is 11.0. The number of nitrogens with zero attached hydrogens (tertiary/aromatic N) is 2. The minimum atomic E-state index is 0.678. The molecule has 0 saturated carbocycles. The predicted octanol–water partition coefficient (Wildman–Crippen LogP) is 6.93. The Morgan fingerprint density at radius 1 is 0.895 bits per heavy atom. The third-order valence-corrected chi connectivity index (χ3v) is 8.39. The maximum absolute atomic E-state index is 6.06. The van der Waals surface area contributed by atoms with Crippen molar-refractivity contribution in [2.45, 2.75) is 58.4 Å². The first-order valence-electron chi connectivity index (χ1n) is 14.6. The van der Waals surface area contributed by atoms with E-state index in [2.05, 4.69) is 83.5 Å². The summed E-state index contributed by atoms with van der Waals surface area (Å²) in [6.45, 7) is 8.40. The van der Waals surface area contributed by atoms with Gasteiger partial charge >= 0.3 is 0 Å². The van der Waals surface area contributed by atoms with Crippen LogP contribution >= 0.6 is 0 Å². The van der Waals surface area contributed by atoms with Crippen molar-refractivity contribution in [1.29, 1.82) is 0 Å².